The highest BCUT2D eigenvalue weighted by atomic mass is 14.9. The number of nitrogens with zero attached hydrogens (tertiary/aromatic N) is 4. The maximum Gasteiger partial charge on any atom is 0.160 e. The van der Waals surface area contributed by atoms with Crippen LogP contribution in [0.1, 0.15) is 0 Å². The summed E-state index contributed by atoms with van der Waals surface area (Å²) < 4.78 is 0. The van der Waals surface area contributed by atoms with Gasteiger partial charge >= 0.3 is 0 Å². The van der Waals surface area contributed by atoms with E-state index in [1.165, 1.54) is 32.3 Å². The second-order valence-electron chi connectivity index (χ2n) is 14.2. The van der Waals surface area contributed by atoms with Gasteiger partial charge in [0.05, 0.1) is 34.3 Å². The molecule has 0 radical (unpaired) electrons. The van der Waals surface area contributed by atoms with Gasteiger partial charge in [-0.3, -0.25) is 4.98 Å². The van der Waals surface area contributed by atoms with E-state index in [0.717, 1.165) is 72.3 Å². The lowest BCUT2D eigenvalue weighted by atomic mass is 9.91. The maximum atomic E-state index is 5.43. The van der Waals surface area contributed by atoms with Crippen LogP contribution in [-0.4, -0.2) is 19.9 Å². The van der Waals surface area contributed by atoms with Crippen molar-refractivity contribution < 1.29 is 0 Å². The van der Waals surface area contributed by atoms with Gasteiger partial charge in [0.15, 0.2) is 5.82 Å². The number of hydrogen-bond donors (Lipinski definition) is 0. The molecule has 0 aliphatic rings. The average Bonchev–Trinajstić information content (AvgIpc) is 3.29. The van der Waals surface area contributed by atoms with Crippen molar-refractivity contribution in [3.8, 4) is 56.3 Å². The highest BCUT2D eigenvalue weighted by Crippen LogP contribution is 2.40. The van der Waals surface area contributed by atoms with Gasteiger partial charge in [-0.15, -0.1) is 0 Å². The van der Waals surface area contributed by atoms with Gasteiger partial charge in [-0.2, -0.15) is 0 Å². The zero-order valence-electron chi connectivity index (χ0n) is 30.3. The first kappa shape index (κ1) is 31.9. The highest BCUT2D eigenvalue weighted by molar-refractivity contribution is 6.23. The van der Waals surface area contributed by atoms with Gasteiger partial charge in [-0.25, -0.2) is 15.0 Å². The van der Waals surface area contributed by atoms with Crippen LogP contribution in [0.15, 0.2) is 194 Å². The molecule has 9 aromatic carbocycles. The van der Waals surface area contributed by atoms with Gasteiger partial charge in [-0.05, 0) is 73.8 Å². The van der Waals surface area contributed by atoms with Crippen molar-refractivity contribution in [3.63, 3.8) is 0 Å². The zero-order valence-corrected chi connectivity index (χ0v) is 30.3. The molecule has 0 fully saturated rings. The molecule has 2 heterocycles. The summed E-state index contributed by atoms with van der Waals surface area (Å²) in [7, 11) is 0. The molecular formula is C52H32N4. The van der Waals surface area contributed by atoms with Gasteiger partial charge in [-0.1, -0.05) is 158 Å². The predicted octanol–water partition coefficient (Wildman–Crippen LogP) is 13.4. The van der Waals surface area contributed by atoms with Crippen LogP contribution in [0.3, 0.4) is 0 Å². The van der Waals surface area contributed by atoms with Crippen molar-refractivity contribution in [2.45, 2.75) is 0 Å². The minimum Gasteiger partial charge on any atom is -0.252 e. The first-order valence-corrected chi connectivity index (χ1v) is 18.9. The van der Waals surface area contributed by atoms with Gasteiger partial charge < -0.3 is 0 Å². The largest absolute Gasteiger partial charge is 0.252 e. The Labute approximate surface area is 323 Å². The van der Waals surface area contributed by atoms with Gasteiger partial charge in [0.25, 0.3) is 0 Å². The number of fused-ring (bicyclic) bond motifs is 9. The summed E-state index contributed by atoms with van der Waals surface area (Å²) in [6, 6.07) is 66.0. The minimum atomic E-state index is 0.642. The number of aromatic nitrogens is 4. The quantitative estimate of drug-likeness (QED) is 0.167. The smallest absolute Gasteiger partial charge is 0.160 e. The van der Waals surface area contributed by atoms with Crippen molar-refractivity contribution in [2.24, 2.45) is 0 Å². The molecular weight excluding hydrogens is 681 g/mol. The molecule has 0 bridgehead atoms. The molecule has 0 amide bonds. The Bertz CT molecular complexity index is 3210. The van der Waals surface area contributed by atoms with Crippen molar-refractivity contribution in [1.29, 1.82) is 0 Å². The first-order chi connectivity index (χ1) is 27.7. The maximum absolute atomic E-state index is 5.43. The summed E-state index contributed by atoms with van der Waals surface area (Å²) in [6.45, 7) is 0. The lowest BCUT2D eigenvalue weighted by Crippen LogP contribution is -1.98. The lowest BCUT2D eigenvalue weighted by Gasteiger charge is -2.15. The van der Waals surface area contributed by atoms with E-state index in [1.807, 2.05) is 42.6 Å². The van der Waals surface area contributed by atoms with Gasteiger partial charge in [0.2, 0.25) is 0 Å². The molecule has 0 N–H and O–H groups in total. The van der Waals surface area contributed by atoms with E-state index in [0.29, 0.717) is 5.82 Å². The van der Waals surface area contributed by atoms with Crippen LogP contribution in [0.5, 0.6) is 0 Å². The fourth-order valence-electron chi connectivity index (χ4n) is 8.21. The monoisotopic (exact) mass is 712 g/mol. The predicted molar refractivity (Wildman–Crippen MR) is 232 cm³/mol. The van der Waals surface area contributed by atoms with Crippen LogP contribution in [0.25, 0.3) is 110 Å². The fraction of sp³-hybridized carbons (Fsp3) is 0. The van der Waals surface area contributed by atoms with Crippen LogP contribution in [0, 0.1) is 0 Å². The Morgan fingerprint density at radius 2 is 0.768 bits per heavy atom. The summed E-state index contributed by atoms with van der Waals surface area (Å²) in [5, 5.41) is 9.33. The topological polar surface area (TPSA) is 51.6 Å². The summed E-state index contributed by atoms with van der Waals surface area (Å²) >= 11 is 0. The molecule has 0 spiro atoms. The highest BCUT2D eigenvalue weighted by Gasteiger charge is 2.18. The molecule has 0 saturated carbocycles. The van der Waals surface area contributed by atoms with Crippen molar-refractivity contribution >= 4 is 54.1 Å². The molecule has 4 nitrogen and oxygen atoms in total. The van der Waals surface area contributed by atoms with Crippen molar-refractivity contribution in [2.75, 3.05) is 0 Å². The Morgan fingerprint density at radius 1 is 0.286 bits per heavy atom. The summed E-state index contributed by atoms with van der Waals surface area (Å²) in [5.74, 6) is 0.642. The zero-order chi connectivity index (χ0) is 37.0. The molecule has 0 aliphatic carbocycles. The van der Waals surface area contributed by atoms with Crippen LogP contribution >= 0.6 is 0 Å². The molecule has 0 atom stereocenters. The van der Waals surface area contributed by atoms with Crippen LogP contribution in [0.4, 0.5) is 0 Å². The molecule has 56 heavy (non-hydrogen) atoms. The molecule has 2 aromatic heterocycles. The minimum absolute atomic E-state index is 0.642. The molecule has 11 rings (SSSR count). The standard InChI is InChI=1S/C52H32N4/c1-3-15-33(16-4-1)47-31-48(34-17-5-2-6-18-34)56-52(55-47)38-28-36(46-30-35-19-7-8-20-39(35)40-21-9-10-24-43(40)46)27-37(29-38)49-32-53-50-44-25-13-11-22-41(44)42-23-12-14-26-45(42)51(50)54-49/h1-32H. The van der Waals surface area contributed by atoms with Gasteiger partial charge in [0.1, 0.15) is 0 Å². The number of rotatable bonds is 5. The molecule has 11 aromatic rings. The lowest BCUT2D eigenvalue weighted by molar-refractivity contribution is 1.18. The molecule has 260 valence electrons. The van der Waals surface area contributed by atoms with E-state index < -0.39 is 0 Å². The summed E-state index contributed by atoms with van der Waals surface area (Å²) in [6.07, 6.45) is 1.92. The van der Waals surface area contributed by atoms with Gasteiger partial charge in [0, 0.05) is 33.0 Å². The molecule has 0 saturated heterocycles. The molecule has 0 aliphatic heterocycles. The average molecular weight is 713 g/mol. The van der Waals surface area contributed by atoms with Crippen LogP contribution in [-0.2, 0) is 0 Å². The Balaban J connectivity index is 1.20. The normalized spacial score (nSPS) is 11.6. The fourth-order valence-corrected chi connectivity index (χ4v) is 8.21. The third kappa shape index (κ3) is 5.39. The Morgan fingerprint density at radius 3 is 1.41 bits per heavy atom. The Kier molecular flexibility index (Phi) is 7.46. The first-order valence-electron chi connectivity index (χ1n) is 18.9. The van der Waals surface area contributed by atoms with Crippen molar-refractivity contribution in [3.05, 3.63) is 194 Å². The van der Waals surface area contributed by atoms with E-state index in [4.69, 9.17) is 19.9 Å². The second kappa shape index (κ2) is 13.1. The van der Waals surface area contributed by atoms with Crippen LogP contribution < -0.4 is 0 Å². The van der Waals surface area contributed by atoms with E-state index in [2.05, 4.69) is 152 Å². The number of hydrogen-bond acceptors (Lipinski definition) is 4. The third-order valence-corrected chi connectivity index (χ3v) is 10.9. The van der Waals surface area contributed by atoms with E-state index in [-0.39, 0.29) is 0 Å². The van der Waals surface area contributed by atoms with Crippen molar-refractivity contribution in [1.82, 2.24) is 19.9 Å². The number of benzene rings is 9. The molecule has 0 unspecified atom stereocenters. The second-order valence-corrected chi connectivity index (χ2v) is 14.2. The SMILES string of the molecule is c1ccc(-c2cc(-c3ccccc3)nc(-c3cc(-c4cnc5c6ccccc6c6ccccc6c5n4)cc(-c4cc5ccccc5c5ccccc45)c3)n2)cc1. The van der Waals surface area contributed by atoms with E-state index >= 15 is 0 Å². The Hall–Kier alpha value is -7.56. The van der Waals surface area contributed by atoms with E-state index in [9.17, 15) is 0 Å². The van der Waals surface area contributed by atoms with Crippen LogP contribution in [0.2, 0.25) is 0 Å². The molecule has 4 heteroatoms. The summed E-state index contributed by atoms with van der Waals surface area (Å²) in [5.41, 5.74) is 10.4. The summed E-state index contributed by atoms with van der Waals surface area (Å²) in [4.78, 5) is 21.1. The van der Waals surface area contributed by atoms with E-state index in [1.54, 1.807) is 0 Å². The third-order valence-electron chi connectivity index (χ3n) is 10.9.